The van der Waals surface area contributed by atoms with E-state index in [0.29, 0.717) is 45.3 Å². The second-order valence-electron chi connectivity index (χ2n) is 7.30. The van der Waals surface area contributed by atoms with Crippen molar-refractivity contribution in [1.82, 2.24) is 4.40 Å². The zero-order valence-electron chi connectivity index (χ0n) is 17.8. The van der Waals surface area contributed by atoms with E-state index in [9.17, 15) is 9.59 Å². The molecule has 0 N–H and O–H groups in total. The molecule has 0 fully saturated rings. The van der Waals surface area contributed by atoms with E-state index in [4.69, 9.17) is 21.1 Å². The number of esters is 1. The van der Waals surface area contributed by atoms with Crippen LogP contribution in [-0.4, -0.2) is 23.3 Å². The fourth-order valence-electron chi connectivity index (χ4n) is 3.74. The summed E-state index contributed by atoms with van der Waals surface area (Å²) in [6.45, 7) is 4.16. The minimum atomic E-state index is -0.509. The molecule has 5 nitrogen and oxygen atoms in total. The molecular formula is C26H22ClNO4. The zero-order chi connectivity index (χ0) is 22.7. The lowest BCUT2D eigenvalue weighted by Gasteiger charge is -2.15. The Bertz CT molecular complexity index is 1290. The van der Waals surface area contributed by atoms with E-state index in [0.717, 1.165) is 17.4 Å². The predicted molar refractivity (Wildman–Crippen MR) is 125 cm³/mol. The van der Waals surface area contributed by atoms with Gasteiger partial charge in [-0.1, -0.05) is 48.0 Å². The third-order valence-corrected chi connectivity index (χ3v) is 5.65. The molecule has 0 bridgehead atoms. The van der Waals surface area contributed by atoms with Gasteiger partial charge in [-0.2, -0.15) is 0 Å². The third kappa shape index (κ3) is 3.99. The van der Waals surface area contributed by atoms with Gasteiger partial charge in [0.05, 0.1) is 23.4 Å². The summed E-state index contributed by atoms with van der Waals surface area (Å²) in [5.41, 5.74) is 4.03. The molecule has 32 heavy (non-hydrogen) atoms. The summed E-state index contributed by atoms with van der Waals surface area (Å²) in [6, 6.07) is 18.7. The van der Waals surface area contributed by atoms with Gasteiger partial charge in [0.25, 0.3) is 0 Å². The summed E-state index contributed by atoms with van der Waals surface area (Å²) in [7, 11) is 0. The Balaban J connectivity index is 1.95. The molecule has 162 valence electrons. The van der Waals surface area contributed by atoms with E-state index in [1.807, 2.05) is 49.4 Å². The van der Waals surface area contributed by atoms with E-state index < -0.39 is 5.97 Å². The van der Waals surface area contributed by atoms with Crippen LogP contribution in [0.2, 0.25) is 5.02 Å². The van der Waals surface area contributed by atoms with Gasteiger partial charge in [0.1, 0.15) is 12.4 Å². The molecule has 0 amide bonds. The van der Waals surface area contributed by atoms with Crippen molar-refractivity contribution >= 4 is 29.4 Å². The number of fused-ring (bicyclic) bond motifs is 1. The highest BCUT2D eigenvalue weighted by Gasteiger charge is 2.27. The second kappa shape index (κ2) is 9.28. The minimum absolute atomic E-state index is 0.213. The topological polar surface area (TPSA) is 57.0 Å². The molecule has 0 saturated carbocycles. The largest absolute Gasteiger partial charge is 0.488 e. The summed E-state index contributed by atoms with van der Waals surface area (Å²) in [5.74, 6) is 0.0188. The molecule has 0 aliphatic heterocycles. The zero-order valence-corrected chi connectivity index (χ0v) is 18.6. The van der Waals surface area contributed by atoms with Gasteiger partial charge >= 0.3 is 5.97 Å². The number of benzene rings is 2. The van der Waals surface area contributed by atoms with Crippen LogP contribution in [0.1, 0.15) is 38.9 Å². The summed E-state index contributed by atoms with van der Waals surface area (Å²) in [5, 5.41) is 0.508. The maximum atomic E-state index is 13.0. The van der Waals surface area contributed by atoms with Gasteiger partial charge in [-0.05, 0) is 49.2 Å². The van der Waals surface area contributed by atoms with Gasteiger partial charge in [0.2, 0.25) is 0 Å². The summed E-state index contributed by atoms with van der Waals surface area (Å²) < 4.78 is 13.2. The lowest BCUT2D eigenvalue weighted by atomic mass is 9.98. The molecular weight excluding hydrogens is 426 g/mol. The van der Waals surface area contributed by atoms with Crippen molar-refractivity contribution in [2.75, 3.05) is 6.61 Å². The Morgan fingerprint density at radius 3 is 2.56 bits per heavy atom. The summed E-state index contributed by atoms with van der Waals surface area (Å²) in [4.78, 5) is 25.2. The SMILES string of the molecule is CCOC(=O)c1c(-c2cc(Cl)c(C)cc2OCc2ccccc2)c(C=O)n2ccccc12. The molecule has 0 atom stereocenters. The molecule has 0 saturated heterocycles. The molecule has 0 spiro atoms. The number of halogens is 1. The maximum absolute atomic E-state index is 13.0. The Kier molecular flexibility index (Phi) is 6.28. The van der Waals surface area contributed by atoms with Crippen molar-refractivity contribution < 1.29 is 19.1 Å². The van der Waals surface area contributed by atoms with Crippen LogP contribution >= 0.6 is 11.6 Å². The van der Waals surface area contributed by atoms with Crippen molar-refractivity contribution in [2.24, 2.45) is 0 Å². The van der Waals surface area contributed by atoms with Crippen LogP contribution in [0.5, 0.6) is 5.75 Å². The Hall–Kier alpha value is -3.57. The number of hydrogen-bond donors (Lipinski definition) is 0. The fourth-order valence-corrected chi connectivity index (χ4v) is 3.90. The van der Waals surface area contributed by atoms with Gasteiger partial charge in [-0.15, -0.1) is 0 Å². The average Bonchev–Trinajstić information content (AvgIpc) is 3.14. The number of aryl methyl sites for hydroxylation is 1. The summed E-state index contributed by atoms with van der Waals surface area (Å²) in [6.07, 6.45) is 2.48. The maximum Gasteiger partial charge on any atom is 0.340 e. The lowest BCUT2D eigenvalue weighted by Crippen LogP contribution is -2.06. The molecule has 0 radical (unpaired) electrons. The summed E-state index contributed by atoms with van der Waals surface area (Å²) >= 11 is 6.47. The molecule has 4 rings (SSSR count). The smallest absolute Gasteiger partial charge is 0.340 e. The van der Waals surface area contributed by atoms with Crippen molar-refractivity contribution in [1.29, 1.82) is 0 Å². The molecule has 0 aliphatic rings. The van der Waals surface area contributed by atoms with Crippen LogP contribution in [0.3, 0.4) is 0 Å². The van der Waals surface area contributed by atoms with Crippen LogP contribution in [-0.2, 0) is 11.3 Å². The van der Waals surface area contributed by atoms with Gasteiger partial charge in [0.15, 0.2) is 6.29 Å². The lowest BCUT2D eigenvalue weighted by molar-refractivity contribution is 0.0529. The Labute approximate surface area is 191 Å². The third-order valence-electron chi connectivity index (χ3n) is 5.24. The number of carbonyl (C=O) groups is 2. The monoisotopic (exact) mass is 447 g/mol. The fraction of sp³-hybridized carbons (Fsp3) is 0.154. The predicted octanol–water partition coefficient (Wildman–Crippen LogP) is 6.14. The first kappa shape index (κ1) is 21.7. The first-order valence-electron chi connectivity index (χ1n) is 10.3. The van der Waals surface area contributed by atoms with Crippen LogP contribution in [0, 0.1) is 6.92 Å². The number of hydrogen-bond acceptors (Lipinski definition) is 4. The number of carbonyl (C=O) groups excluding carboxylic acids is 2. The van der Waals surface area contributed by atoms with Crippen molar-refractivity contribution in [3.63, 3.8) is 0 Å². The highest BCUT2D eigenvalue weighted by atomic mass is 35.5. The molecule has 2 aromatic heterocycles. The van der Waals surface area contributed by atoms with Gasteiger partial charge in [-0.3, -0.25) is 4.79 Å². The van der Waals surface area contributed by atoms with E-state index in [1.165, 1.54) is 0 Å². The van der Waals surface area contributed by atoms with E-state index in [-0.39, 0.29) is 6.61 Å². The first-order chi connectivity index (χ1) is 15.5. The quantitative estimate of drug-likeness (QED) is 0.252. The van der Waals surface area contributed by atoms with Crippen LogP contribution in [0.15, 0.2) is 66.9 Å². The molecule has 2 aromatic carbocycles. The van der Waals surface area contributed by atoms with Gasteiger partial charge in [0, 0.05) is 22.3 Å². The Morgan fingerprint density at radius 2 is 1.84 bits per heavy atom. The average molecular weight is 448 g/mol. The number of nitrogens with zero attached hydrogens (tertiary/aromatic N) is 1. The number of ether oxygens (including phenoxy) is 2. The highest BCUT2D eigenvalue weighted by molar-refractivity contribution is 6.31. The molecule has 0 unspecified atom stereocenters. The number of rotatable bonds is 7. The highest BCUT2D eigenvalue weighted by Crippen LogP contribution is 2.41. The normalized spacial score (nSPS) is 10.8. The van der Waals surface area contributed by atoms with Gasteiger partial charge in [-0.25, -0.2) is 4.79 Å². The molecule has 6 heteroatoms. The van der Waals surface area contributed by atoms with E-state index in [1.54, 1.807) is 35.7 Å². The molecule has 0 aliphatic carbocycles. The number of aldehydes is 1. The minimum Gasteiger partial charge on any atom is -0.488 e. The standard InChI is InChI=1S/C26H22ClNO4/c1-3-31-26(30)25-21-11-7-8-12-28(21)22(15-29)24(25)19-14-20(27)17(2)13-23(19)32-16-18-9-5-4-6-10-18/h4-15H,3,16H2,1-2H3. The number of aromatic nitrogens is 1. The Morgan fingerprint density at radius 1 is 1.09 bits per heavy atom. The van der Waals surface area contributed by atoms with Crippen LogP contribution in [0.25, 0.3) is 16.6 Å². The van der Waals surface area contributed by atoms with Crippen molar-refractivity contribution in [3.05, 3.63) is 94.3 Å². The molecule has 2 heterocycles. The van der Waals surface area contributed by atoms with E-state index >= 15 is 0 Å². The number of pyridine rings is 1. The van der Waals surface area contributed by atoms with Crippen molar-refractivity contribution in [3.8, 4) is 16.9 Å². The van der Waals surface area contributed by atoms with Crippen molar-refractivity contribution in [2.45, 2.75) is 20.5 Å². The van der Waals surface area contributed by atoms with Crippen LogP contribution < -0.4 is 4.74 Å². The second-order valence-corrected chi connectivity index (χ2v) is 7.71. The van der Waals surface area contributed by atoms with Crippen LogP contribution in [0.4, 0.5) is 0 Å². The first-order valence-corrected chi connectivity index (χ1v) is 10.7. The molecule has 4 aromatic rings. The van der Waals surface area contributed by atoms with E-state index in [2.05, 4.69) is 0 Å². The van der Waals surface area contributed by atoms with Gasteiger partial charge < -0.3 is 13.9 Å².